The minimum atomic E-state index is 0.127. The second kappa shape index (κ2) is 13.1. The van der Waals surface area contributed by atoms with Crippen molar-refractivity contribution >= 4 is 17.1 Å². The number of hydrogen-bond acceptors (Lipinski definition) is 1. The van der Waals surface area contributed by atoms with Gasteiger partial charge in [-0.15, -0.1) is 0 Å². The van der Waals surface area contributed by atoms with Crippen LogP contribution < -0.4 is 4.90 Å². The first kappa shape index (κ1) is 33.8. The van der Waals surface area contributed by atoms with E-state index in [9.17, 15) is 0 Å². The van der Waals surface area contributed by atoms with E-state index in [0.717, 1.165) is 47.3 Å². The molecule has 13 rings (SSSR count). The summed E-state index contributed by atoms with van der Waals surface area (Å²) in [6.45, 7) is 0. The van der Waals surface area contributed by atoms with Gasteiger partial charge in [0.1, 0.15) is 0 Å². The van der Waals surface area contributed by atoms with Gasteiger partial charge in [0.15, 0.2) is 0 Å². The maximum atomic E-state index is 2.73. The maximum absolute atomic E-state index is 2.73. The van der Waals surface area contributed by atoms with Gasteiger partial charge < -0.3 is 4.90 Å². The summed E-state index contributed by atoms with van der Waals surface area (Å²) in [7, 11) is 0. The van der Waals surface area contributed by atoms with Crippen LogP contribution in [0.2, 0.25) is 0 Å². The summed E-state index contributed by atoms with van der Waals surface area (Å²) in [5.41, 5.74) is 14.2. The molecule has 9 aliphatic carbocycles. The van der Waals surface area contributed by atoms with Gasteiger partial charge in [-0.25, -0.2) is 0 Å². The number of hydrogen-bond donors (Lipinski definition) is 0. The first-order valence-corrected chi connectivity index (χ1v) is 23.4. The van der Waals surface area contributed by atoms with Crippen LogP contribution in [-0.2, 0) is 10.8 Å². The highest BCUT2D eigenvalue weighted by atomic mass is 15.1. The lowest BCUT2D eigenvalue weighted by Gasteiger charge is -2.57. The molecule has 8 fully saturated rings. The van der Waals surface area contributed by atoms with Crippen LogP contribution in [0, 0.1) is 41.4 Å². The molecule has 0 radical (unpaired) electrons. The molecule has 0 saturated heterocycles. The predicted octanol–water partition coefficient (Wildman–Crippen LogP) is 15.0. The Labute approximate surface area is 331 Å². The lowest BCUT2D eigenvalue weighted by molar-refractivity contribution is -0.00518. The van der Waals surface area contributed by atoms with Crippen molar-refractivity contribution in [3.8, 4) is 11.1 Å². The van der Waals surface area contributed by atoms with Crippen molar-refractivity contribution in [3.05, 3.63) is 113 Å². The van der Waals surface area contributed by atoms with Gasteiger partial charge in [0, 0.05) is 22.5 Å². The molecule has 4 aromatic carbocycles. The van der Waals surface area contributed by atoms with Crippen LogP contribution in [0.3, 0.4) is 0 Å². The molecule has 0 spiro atoms. The van der Waals surface area contributed by atoms with Gasteiger partial charge in [0.25, 0.3) is 0 Å². The molecule has 1 nitrogen and oxygen atoms in total. The SMILES string of the molecule is c1ccc2c(c1)-c1ccc(N(c3ccc(C4CC5CCC4C5)cc3)c3ccc(C45CC6CC(CC(C6)C4)C5)cc3)cc1C2(C1CCCCC1)C1CCCCC1. The number of rotatable bonds is 7. The Bertz CT molecular complexity index is 1990. The molecule has 0 amide bonds. The minimum absolute atomic E-state index is 0.127. The van der Waals surface area contributed by atoms with Gasteiger partial charge >= 0.3 is 0 Å². The normalized spacial score (nSPS) is 33.2. The van der Waals surface area contributed by atoms with Crippen LogP contribution >= 0.6 is 0 Å². The molecule has 4 aromatic rings. The van der Waals surface area contributed by atoms with E-state index >= 15 is 0 Å². The van der Waals surface area contributed by atoms with E-state index in [2.05, 4.69) is 95.9 Å². The first-order valence-electron chi connectivity index (χ1n) is 23.4. The Balaban J connectivity index is 0.986. The van der Waals surface area contributed by atoms with Crippen molar-refractivity contribution in [1.82, 2.24) is 0 Å². The third kappa shape index (κ3) is 5.29. The predicted molar refractivity (Wildman–Crippen MR) is 229 cm³/mol. The van der Waals surface area contributed by atoms with Crippen LogP contribution in [0.4, 0.5) is 17.1 Å². The zero-order valence-corrected chi connectivity index (χ0v) is 33.4. The van der Waals surface area contributed by atoms with E-state index in [-0.39, 0.29) is 5.41 Å². The third-order valence-corrected chi connectivity index (χ3v) is 18.0. The van der Waals surface area contributed by atoms with E-state index < -0.39 is 0 Å². The van der Waals surface area contributed by atoms with Crippen molar-refractivity contribution in [1.29, 1.82) is 0 Å². The van der Waals surface area contributed by atoms with Gasteiger partial charge in [-0.05, 0) is 206 Å². The van der Waals surface area contributed by atoms with E-state index in [1.54, 1.807) is 22.3 Å². The summed E-state index contributed by atoms with van der Waals surface area (Å²) in [6, 6.07) is 37.7. The van der Waals surface area contributed by atoms with Crippen LogP contribution in [0.15, 0.2) is 91.0 Å². The van der Waals surface area contributed by atoms with Crippen molar-refractivity contribution in [2.45, 2.75) is 145 Å². The number of anilines is 3. The Morgan fingerprint density at radius 1 is 0.455 bits per heavy atom. The Morgan fingerprint density at radius 2 is 1.04 bits per heavy atom. The molecule has 3 atom stereocenters. The van der Waals surface area contributed by atoms with Gasteiger partial charge in [-0.3, -0.25) is 0 Å². The van der Waals surface area contributed by atoms with Crippen LogP contribution in [0.1, 0.15) is 157 Å². The van der Waals surface area contributed by atoms with E-state index in [4.69, 9.17) is 0 Å². The third-order valence-electron chi connectivity index (χ3n) is 18.0. The van der Waals surface area contributed by atoms with Crippen molar-refractivity contribution in [3.63, 3.8) is 0 Å². The molecule has 3 unspecified atom stereocenters. The summed E-state index contributed by atoms with van der Waals surface area (Å²) in [6.07, 6.45) is 28.6. The largest absolute Gasteiger partial charge is 0.310 e. The molecule has 0 aromatic heterocycles. The highest BCUT2D eigenvalue weighted by molar-refractivity contribution is 5.86. The second-order valence-corrected chi connectivity index (χ2v) is 20.8. The number of benzene rings is 4. The molecule has 0 heterocycles. The maximum Gasteiger partial charge on any atom is 0.0465 e. The average molecular weight is 726 g/mol. The van der Waals surface area contributed by atoms with Crippen LogP contribution in [-0.4, -0.2) is 0 Å². The molecule has 284 valence electrons. The molecular formula is C54H63N. The summed E-state index contributed by atoms with van der Waals surface area (Å²) in [5.74, 6) is 7.04. The Hall–Kier alpha value is -3.32. The molecule has 9 aliphatic rings. The second-order valence-electron chi connectivity index (χ2n) is 20.8. The summed E-state index contributed by atoms with van der Waals surface area (Å²) >= 11 is 0. The fourth-order valence-corrected chi connectivity index (χ4v) is 16.2. The molecule has 1 heteroatoms. The molecule has 6 bridgehead atoms. The number of nitrogens with zero attached hydrogens (tertiary/aromatic N) is 1. The van der Waals surface area contributed by atoms with Gasteiger partial charge in [-0.2, -0.15) is 0 Å². The zero-order chi connectivity index (χ0) is 36.1. The Morgan fingerprint density at radius 3 is 1.64 bits per heavy atom. The summed E-state index contributed by atoms with van der Waals surface area (Å²) in [5, 5.41) is 0. The fourth-order valence-electron chi connectivity index (χ4n) is 16.2. The van der Waals surface area contributed by atoms with Gasteiger partial charge in [0.05, 0.1) is 0 Å². The summed E-state index contributed by atoms with van der Waals surface area (Å²) < 4.78 is 0. The monoisotopic (exact) mass is 725 g/mol. The van der Waals surface area contributed by atoms with Crippen molar-refractivity contribution in [2.75, 3.05) is 4.90 Å². The smallest absolute Gasteiger partial charge is 0.0465 e. The van der Waals surface area contributed by atoms with Crippen molar-refractivity contribution in [2.24, 2.45) is 41.4 Å². The lowest BCUT2D eigenvalue weighted by Crippen LogP contribution is -2.48. The fraction of sp³-hybridized carbons (Fsp3) is 0.556. The van der Waals surface area contributed by atoms with Crippen LogP contribution in [0.25, 0.3) is 11.1 Å². The molecule has 0 aliphatic heterocycles. The van der Waals surface area contributed by atoms with Crippen molar-refractivity contribution < 1.29 is 0 Å². The summed E-state index contributed by atoms with van der Waals surface area (Å²) in [4.78, 5) is 2.66. The van der Waals surface area contributed by atoms with Crippen LogP contribution in [0.5, 0.6) is 0 Å². The van der Waals surface area contributed by atoms with E-state index in [1.807, 2.05) is 0 Å². The van der Waals surface area contributed by atoms with E-state index in [0.29, 0.717) is 5.41 Å². The molecular weight excluding hydrogens is 663 g/mol. The zero-order valence-electron chi connectivity index (χ0n) is 33.4. The molecule has 55 heavy (non-hydrogen) atoms. The standard InChI is InChI=1S/C54H63N/c1-3-9-43(10-4-1)54(44-11-5-2-6-12-44)51-14-8-7-13-48(51)49-26-25-47(32-52(49)54)55(45-21-17-40(18-22-45)50-31-36-15-16-41(50)30-36)46-23-19-42(20-24-46)53-33-37-27-38(34-53)29-39(28-37)35-53/h7-8,13-14,17-26,32,36-39,41,43-44,50H,1-6,9-12,15-16,27-31,33-35H2. The highest BCUT2D eigenvalue weighted by Gasteiger charge is 2.54. The molecule has 8 saturated carbocycles. The van der Waals surface area contributed by atoms with E-state index in [1.165, 1.54) is 157 Å². The molecule has 0 N–H and O–H groups in total. The average Bonchev–Trinajstić information content (AvgIpc) is 3.95. The van der Waals surface area contributed by atoms with Gasteiger partial charge in [0.2, 0.25) is 0 Å². The van der Waals surface area contributed by atoms with Gasteiger partial charge in [-0.1, -0.05) is 99.5 Å². The minimum Gasteiger partial charge on any atom is -0.310 e. The Kier molecular flexibility index (Phi) is 8.05. The number of fused-ring (bicyclic) bond motifs is 5. The topological polar surface area (TPSA) is 3.24 Å². The quantitative estimate of drug-likeness (QED) is 0.183. The lowest BCUT2D eigenvalue weighted by atomic mass is 9.48. The first-order chi connectivity index (χ1) is 27.1. The highest BCUT2D eigenvalue weighted by Crippen LogP contribution is 2.64.